The van der Waals surface area contributed by atoms with Crippen LogP contribution in [-0.2, 0) is 16.4 Å². The molecule has 0 aliphatic rings. The second kappa shape index (κ2) is 5.27. The van der Waals surface area contributed by atoms with Gasteiger partial charge in [0.15, 0.2) is 9.84 Å². The van der Waals surface area contributed by atoms with E-state index in [1.54, 1.807) is 4.68 Å². The van der Waals surface area contributed by atoms with E-state index in [1.165, 1.54) is 18.6 Å². The molecule has 0 saturated heterocycles. The summed E-state index contributed by atoms with van der Waals surface area (Å²) in [6, 6.07) is 0. The van der Waals surface area contributed by atoms with Crippen LogP contribution in [-0.4, -0.2) is 36.2 Å². The molecule has 0 unspecified atom stereocenters. The number of hydrogen-bond donors (Lipinski definition) is 1. The van der Waals surface area contributed by atoms with Gasteiger partial charge in [0, 0.05) is 25.6 Å². The van der Waals surface area contributed by atoms with Crippen LogP contribution in [0.4, 0.5) is 0 Å². The lowest BCUT2D eigenvalue weighted by molar-refractivity contribution is 0.281. The van der Waals surface area contributed by atoms with Crippen molar-refractivity contribution in [3.05, 3.63) is 12.4 Å². The first-order valence-corrected chi connectivity index (χ1v) is 6.76. The van der Waals surface area contributed by atoms with Crippen LogP contribution in [0.1, 0.15) is 19.3 Å². The Morgan fingerprint density at radius 3 is 2.67 bits per heavy atom. The molecule has 0 fully saturated rings. The molecule has 0 bridgehead atoms. The third-order valence-electron chi connectivity index (χ3n) is 2.08. The molecule has 0 aromatic carbocycles. The topological polar surface area (TPSA) is 72.2 Å². The Morgan fingerprint density at radius 1 is 1.40 bits per heavy atom. The van der Waals surface area contributed by atoms with Crippen LogP contribution in [0.15, 0.2) is 17.3 Å². The number of aryl methyl sites for hydroxylation is 1. The summed E-state index contributed by atoms with van der Waals surface area (Å²) in [7, 11) is -3.14. The van der Waals surface area contributed by atoms with E-state index in [2.05, 4.69) is 5.10 Å². The van der Waals surface area contributed by atoms with E-state index < -0.39 is 9.84 Å². The van der Waals surface area contributed by atoms with Crippen LogP contribution in [0, 0.1) is 0 Å². The third kappa shape index (κ3) is 4.01. The van der Waals surface area contributed by atoms with E-state index in [9.17, 15) is 8.42 Å². The second-order valence-electron chi connectivity index (χ2n) is 3.50. The summed E-state index contributed by atoms with van der Waals surface area (Å²) in [6.45, 7) is 0.892. The van der Waals surface area contributed by atoms with Crippen LogP contribution in [0.2, 0.25) is 0 Å². The van der Waals surface area contributed by atoms with Gasteiger partial charge in [-0.05, 0) is 19.3 Å². The number of sulfone groups is 1. The highest BCUT2D eigenvalue weighted by Gasteiger charge is 2.09. The fourth-order valence-electron chi connectivity index (χ4n) is 1.22. The maximum Gasteiger partial charge on any atom is 0.178 e. The van der Waals surface area contributed by atoms with Gasteiger partial charge in [0.2, 0.25) is 0 Å². The van der Waals surface area contributed by atoms with Crippen molar-refractivity contribution in [1.29, 1.82) is 0 Å². The molecule has 0 atom stereocenters. The van der Waals surface area contributed by atoms with Gasteiger partial charge in [-0.2, -0.15) is 5.10 Å². The normalized spacial score (nSPS) is 11.9. The van der Waals surface area contributed by atoms with E-state index in [1.807, 2.05) is 0 Å². The quantitative estimate of drug-likeness (QED) is 0.723. The highest BCUT2D eigenvalue weighted by Crippen LogP contribution is 2.07. The molecule has 1 rings (SSSR count). The van der Waals surface area contributed by atoms with Crippen LogP contribution in [0.3, 0.4) is 0 Å². The number of aliphatic hydroxyl groups excluding tert-OH is 1. The molecule has 6 heteroatoms. The Balaban J connectivity index is 2.47. The maximum absolute atomic E-state index is 11.1. The van der Waals surface area contributed by atoms with Gasteiger partial charge in [0.1, 0.15) is 4.90 Å². The van der Waals surface area contributed by atoms with Gasteiger partial charge >= 0.3 is 0 Å². The van der Waals surface area contributed by atoms with Gasteiger partial charge in [-0.1, -0.05) is 0 Å². The zero-order valence-electron chi connectivity index (χ0n) is 8.76. The molecule has 1 aromatic rings. The summed E-state index contributed by atoms with van der Waals surface area (Å²) in [5.74, 6) is 0. The van der Waals surface area contributed by atoms with Crippen LogP contribution >= 0.6 is 0 Å². The largest absolute Gasteiger partial charge is 0.396 e. The van der Waals surface area contributed by atoms with Gasteiger partial charge in [-0.15, -0.1) is 0 Å². The minimum absolute atomic E-state index is 0.202. The number of rotatable bonds is 6. The molecular formula is C9H16N2O3S. The first kappa shape index (κ1) is 12.2. The predicted octanol–water partition coefficient (Wildman–Crippen LogP) is 0.449. The lowest BCUT2D eigenvalue weighted by Gasteiger charge is -1.99. The lowest BCUT2D eigenvalue weighted by atomic mass is 10.2. The fraction of sp³-hybridized carbons (Fsp3) is 0.667. The lowest BCUT2D eigenvalue weighted by Crippen LogP contribution is -1.99. The first-order chi connectivity index (χ1) is 7.04. The SMILES string of the molecule is CS(=O)(=O)c1cnn(CCCCCO)c1. The summed E-state index contributed by atoms with van der Waals surface area (Å²) in [4.78, 5) is 0.254. The average molecular weight is 232 g/mol. The Morgan fingerprint density at radius 2 is 2.13 bits per heavy atom. The van der Waals surface area contributed by atoms with E-state index in [0.29, 0.717) is 6.54 Å². The Bertz CT molecular complexity index is 397. The molecule has 1 N–H and O–H groups in total. The molecule has 5 nitrogen and oxygen atoms in total. The second-order valence-corrected chi connectivity index (χ2v) is 5.51. The van der Waals surface area contributed by atoms with Crippen LogP contribution in [0.25, 0.3) is 0 Å². The minimum Gasteiger partial charge on any atom is -0.396 e. The van der Waals surface area contributed by atoms with E-state index >= 15 is 0 Å². The minimum atomic E-state index is -3.14. The molecule has 15 heavy (non-hydrogen) atoms. The van der Waals surface area contributed by atoms with Gasteiger partial charge in [0.25, 0.3) is 0 Å². The fourth-order valence-corrected chi connectivity index (χ4v) is 1.77. The molecule has 0 saturated carbocycles. The van der Waals surface area contributed by atoms with Crippen LogP contribution in [0.5, 0.6) is 0 Å². The standard InChI is InChI=1S/C9H16N2O3S/c1-15(13,14)9-7-10-11(8-9)5-3-2-4-6-12/h7-8,12H,2-6H2,1H3. The monoisotopic (exact) mass is 232 g/mol. The smallest absolute Gasteiger partial charge is 0.178 e. The highest BCUT2D eigenvalue weighted by molar-refractivity contribution is 7.90. The summed E-state index contributed by atoms with van der Waals surface area (Å²) in [5, 5.41) is 12.5. The van der Waals surface area contributed by atoms with Crippen molar-refractivity contribution in [2.45, 2.75) is 30.7 Å². The molecule has 0 aliphatic heterocycles. The van der Waals surface area contributed by atoms with Gasteiger partial charge in [0.05, 0.1) is 6.20 Å². The zero-order valence-corrected chi connectivity index (χ0v) is 9.57. The van der Waals surface area contributed by atoms with Crippen molar-refractivity contribution in [3.8, 4) is 0 Å². The summed E-state index contributed by atoms with van der Waals surface area (Å²) in [6.07, 6.45) is 6.66. The Labute approximate surface area is 89.6 Å². The zero-order chi connectivity index (χ0) is 11.3. The molecule has 1 heterocycles. The molecule has 0 aliphatic carbocycles. The van der Waals surface area contributed by atoms with Crippen molar-refractivity contribution < 1.29 is 13.5 Å². The third-order valence-corrected chi connectivity index (χ3v) is 3.15. The Kier molecular flexibility index (Phi) is 4.28. The van der Waals surface area contributed by atoms with Gasteiger partial charge in [-0.3, -0.25) is 4.68 Å². The number of hydrogen-bond acceptors (Lipinski definition) is 4. The molecule has 86 valence electrons. The predicted molar refractivity (Wildman–Crippen MR) is 56.3 cm³/mol. The first-order valence-electron chi connectivity index (χ1n) is 4.87. The number of aliphatic hydroxyl groups is 1. The molecule has 0 radical (unpaired) electrons. The maximum atomic E-state index is 11.1. The number of unbranched alkanes of at least 4 members (excludes halogenated alkanes) is 2. The van der Waals surface area contributed by atoms with E-state index in [4.69, 9.17) is 5.11 Å². The van der Waals surface area contributed by atoms with E-state index in [0.717, 1.165) is 19.3 Å². The van der Waals surface area contributed by atoms with Crippen molar-refractivity contribution in [2.24, 2.45) is 0 Å². The summed E-state index contributed by atoms with van der Waals surface area (Å²) >= 11 is 0. The van der Waals surface area contributed by atoms with Gasteiger partial charge < -0.3 is 5.11 Å². The van der Waals surface area contributed by atoms with Crippen LogP contribution < -0.4 is 0 Å². The van der Waals surface area contributed by atoms with Crippen molar-refractivity contribution in [3.63, 3.8) is 0 Å². The summed E-state index contributed by atoms with van der Waals surface area (Å²) in [5.41, 5.74) is 0. The highest BCUT2D eigenvalue weighted by atomic mass is 32.2. The number of nitrogens with zero attached hydrogens (tertiary/aromatic N) is 2. The molecule has 1 aromatic heterocycles. The van der Waals surface area contributed by atoms with Crippen molar-refractivity contribution >= 4 is 9.84 Å². The average Bonchev–Trinajstić information content (AvgIpc) is 2.60. The van der Waals surface area contributed by atoms with Crippen molar-refractivity contribution in [2.75, 3.05) is 12.9 Å². The van der Waals surface area contributed by atoms with Crippen molar-refractivity contribution in [1.82, 2.24) is 9.78 Å². The Hall–Kier alpha value is -0.880. The van der Waals surface area contributed by atoms with E-state index in [-0.39, 0.29) is 11.5 Å². The summed E-state index contributed by atoms with van der Waals surface area (Å²) < 4.78 is 23.9. The molecule has 0 spiro atoms. The van der Waals surface area contributed by atoms with Gasteiger partial charge in [-0.25, -0.2) is 8.42 Å². The molecule has 0 amide bonds. The number of aromatic nitrogens is 2. The molecular weight excluding hydrogens is 216 g/mol.